The summed E-state index contributed by atoms with van der Waals surface area (Å²) in [6.07, 6.45) is 6.65. The van der Waals surface area contributed by atoms with Crippen LogP contribution in [0.25, 0.3) is 16.6 Å². The minimum Gasteiger partial charge on any atom is -0.240 e. The first-order chi connectivity index (χ1) is 7.43. The summed E-state index contributed by atoms with van der Waals surface area (Å²) >= 11 is 1.79. The third-order valence-corrected chi connectivity index (χ3v) is 3.68. The second kappa shape index (κ2) is 3.63. The average molecular weight is 213 g/mol. The molecule has 74 valence electrons. The van der Waals surface area contributed by atoms with E-state index in [-0.39, 0.29) is 0 Å². The molecule has 1 aliphatic rings. The zero-order chi connectivity index (χ0) is 10.1. The predicted molar refractivity (Wildman–Crippen MR) is 64.9 cm³/mol. The maximum absolute atomic E-state index is 4.69. The first-order valence-corrected chi connectivity index (χ1v) is 5.97. The molecule has 2 aromatic rings. The molecular formula is C13H11NS. The molecule has 0 saturated carbocycles. The molecule has 1 nitrogen and oxygen atoms in total. The van der Waals surface area contributed by atoms with Gasteiger partial charge in [-0.1, -0.05) is 36.4 Å². The van der Waals surface area contributed by atoms with Crippen molar-refractivity contribution in [3.05, 3.63) is 47.0 Å². The fourth-order valence-electron chi connectivity index (χ4n) is 1.79. The fraction of sp³-hybridized carbons (Fsp3) is 0.154. The quantitative estimate of drug-likeness (QED) is 0.702. The second-order valence-electron chi connectivity index (χ2n) is 3.64. The van der Waals surface area contributed by atoms with Gasteiger partial charge in [0.2, 0.25) is 0 Å². The van der Waals surface area contributed by atoms with Crippen LogP contribution in [-0.2, 0) is 6.42 Å². The lowest BCUT2D eigenvalue weighted by molar-refractivity contribution is 0.947. The molecule has 1 aromatic carbocycles. The molecule has 0 amide bonds. The maximum Gasteiger partial charge on any atom is 0.124 e. The van der Waals surface area contributed by atoms with Crippen molar-refractivity contribution < 1.29 is 0 Å². The lowest BCUT2D eigenvalue weighted by Gasteiger charge is -1.99. The molecule has 0 N–H and O–H groups in total. The number of hydrogen-bond donors (Lipinski definition) is 0. The van der Waals surface area contributed by atoms with Crippen molar-refractivity contribution in [1.82, 2.24) is 4.98 Å². The summed E-state index contributed by atoms with van der Waals surface area (Å²) < 4.78 is 0. The number of aromatic nitrogens is 1. The second-order valence-corrected chi connectivity index (χ2v) is 4.67. The van der Waals surface area contributed by atoms with Gasteiger partial charge in [0.05, 0.1) is 10.6 Å². The summed E-state index contributed by atoms with van der Waals surface area (Å²) in [4.78, 5) is 6.02. The molecule has 3 rings (SSSR count). The van der Waals surface area contributed by atoms with Crippen LogP contribution in [0.4, 0.5) is 0 Å². The molecular weight excluding hydrogens is 202 g/mol. The zero-order valence-corrected chi connectivity index (χ0v) is 9.13. The summed E-state index contributed by atoms with van der Waals surface area (Å²) in [5.74, 6) is 0. The van der Waals surface area contributed by atoms with Crippen molar-refractivity contribution in [2.24, 2.45) is 0 Å². The van der Waals surface area contributed by atoms with Crippen molar-refractivity contribution in [2.45, 2.75) is 12.8 Å². The number of rotatable bonds is 1. The molecule has 1 heterocycles. The molecule has 0 radical (unpaired) electrons. The Labute approximate surface area is 93.1 Å². The fourth-order valence-corrected chi connectivity index (χ4v) is 2.84. The Morgan fingerprint density at radius 2 is 2.00 bits per heavy atom. The van der Waals surface area contributed by atoms with Crippen LogP contribution >= 0.6 is 11.3 Å². The van der Waals surface area contributed by atoms with Crippen LogP contribution < -0.4 is 0 Å². The summed E-state index contributed by atoms with van der Waals surface area (Å²) in [6.45, 7) is 0. The van der Waals surface area contributed by atoms with Gasteiger partial charge in [-0.15, -0.1) is 11.3 Å². The van der Waals surface area contributed by atoms with Crippen LogP contribution in [0.3, 0.4) is 0 Å². The average Bonchev–Trinajstić information content (AvgIpc) is 2.74. The number of allylic oxidation sites excluding steroid dienone is 1. The molecule has 1 aliphatic carbocycles. The Morgan fingerprint density at radius 3 is 2.80 bits per heavy atom. The smallest absolute Gasteiger partial charge is 0.124 e. The minimum absolute atomic E-state index is 1.09. The monoisotopic (exact) mass is 213 g/mol. The molecule has 15 heavy (non-hydrogen) atoms. The van der Waals surface area contributed by atoms with Crippen molar-refractivity contribution in [2.75, 3.05) is 0 Å². The maximum atomic E-state index is 4.69. The molecule has 0 saturated heterocycles. The molecule has 0 atom stereocenters. The standard InChI is InChI=1S/C13H11NS/c1-2-6-10(7-3-1)13-14-11-8-4-5-9-12(11)15-13/h1-3,5-7,9H,4,8H2. The Morgan fingerprint density at radius 1 is 1.13 bits per heavy atom. The molecule has 0 bridgehead atoms. The van der Waals surface area contributed by atoms with E-state index in [2.05, 4.69) is 41.4 Å². The third-order valence-electron chi connectivity index (χ3n) is 2.57. The molecule has 0 spiro atoms. The van der Waals surface area contributed by atoms with Gasteiger partial charge in [-0.05, 0) is 18.9 Å². The number of hydrogen-bond acceptors (Lipinski definition) is 2. The largest absolute Gasteiger partial charge is 0.240 e. The lowest BCUT2D eigenvalue weighted by atomic mass is 10.1. The van der Waals surface area contributed by atoms with Crippen LogP contribution in [0, 0.1) is 0 Å². The van der Waals surface area contributed by atoms with Crippen molar-refractivity contribution in [3.8, 4) is 10.6 Å². The molecule has 0 unspecified atom stereocenters. The summed E-state index contributed by atoms with van der Waals surface area (Å²) in [5, 5.41) is 1.15. The summed E-state index contributed by atoms with van der Waals surface area (Å²) in [7, 11) is 0. The summed E-state index contributed by atoms with van der Waals surface area (Å²) in [5.41, 5.74) is 2.49. The van der Waals surface area contributed by atoms with Gasteiger partial charge in [0.15, 0.2) is 0 Å². The first-order valence-electron chi connectivity index (χ1n) is 5.15. The van der Waals surface area contributed by atoms with Gasteiger partial charge in [-0.25, -0.2) is 4.98 Å². The number of thiazole rings is 1. The van der Waals surface area contributed by atoms with E-state index < -0.39 is 0 Å². The first kappa shape index (κ1) is 8.86. The Bertz CT molecular complexity index is 497. The van der Waals surface area contributed by atoms with Crippen LogP contribution in [-0.4, -0.2) is 4.98 Å². The van der Waals surface area contributed by atoms with Gasteiger partial charge in [0.1, 0.15) is 5.01 Å². The van der Waals surface area contributed by atoms with Crippen LogP contribution in [0.15, 0.2) is 36.4 Å². The molecule has 0 fully saturated rings. The zero-order valence-electron chi connectivity index (χ0n) is 8.31. The third kappa shape index (κ3) is 1.61. The molecule has 0 aliphatic heterocycles. The number of benzene rings is 1. The molecule has 2 heteroatoms. The van der Waals surface area contributed by atoms with E-state index in [1.165, 1.54) is 16.1 Å². The normalized spacial score (nSPS) is 13.9. The van der Waals surface area contributed by atoms with E-state index in [0.29, 0.717) is 0 Å². The van der Waals surface area contributed by atoms with E-state index in [0.717, 1.165) is 17.8 Å². The van der Waals surface area contributed by atoms with Crippen LogP contribution in [0.2, 0.25) is 0 Å². The van der Waals surface area contributed by atoms with Gasteiger partial charge < -0.3 is 0 Å². The van der Waals surface area contributed by atoms with Crippen LogP contribution in [0.5, 0.6) is 0 Å². The number of fused-ring (bicyclic) bond motifs is 1. The highest BCUT2D eigenvalue weighted by Gasteiger charge is 2.11. The van der Waals surface area contributed by atoms with E-state index >= 15 is 0 Å². The Kier molecular flexibility index (Phi) is 2.14. The molecule has 1 aromatic heterocycles. The summed E-state index contributed by atoms with van der Waals surface area (Å²) in [6, 6.07) is 10.4. The van der Waals surface area contributed by atoms with Gasteiger partial charge in [-0.3, -0.25) is 0 Å². The van der Waals surface area contributed by atoms with Crippen molar-refractivity contribution >= 4 is 17.4 Å². The van der Waals surface area contributed by atoms with E-state index in [1.807, 2.05) is 6.07 Å². The van der Waals surface area contributed by atoms with E-state index in [9.17, 15) is 0 Å². The van der Waals surface area contributed by atoms with Crippen LogP contribution in [0.1, 0.15) is 17.0 Å². The minimum atomic E-state index is 1.09. The van der Waals surface area contributed by atoms with Crippen molar-refractivity contribution in [3.63, 3.8) is 0 Å². The van der Waals surface area contributed by atoms with Gasteiger partial charge in [0, 0.05) is 5.56 Å². The number of nitrogens with zero attached hydrogens (tertiary/aromatic N) is 1. The predicted octanol–water partition coefficient (Wildman–Crippen LogP) is 3.77. The Hall–Kier alpha value is -1.41. The highest BCUT2D eigenvalue weighted by molar-refractivity contribution is 7.16. The van der Waals surface area contributed by atoms with Gasteiger partial charge in [0.25, 0.3) is 0 Å². The lowest BCUT2D eigenvalue weighted by Crippen LogP contribution is -1.90. The van der Waals surface area contributed by atoms with E-state index in [1.54, 1.807) is 11.3 Å². The highest BCUT2D eigenvalue weighted by Crippen LogP contribution is 2.31. The highest BCUT2D eigenvalue weighted by atomic mass is 32.1. The topological polar surface area (TPSA) is 12.9 Å². The van der Waals surface area contributed by atoms with Gasteiger partial charge in [-0.2, -0.15) is 0 Å². The Balaban J connectivity index is 2.07. The number of aryl methyl sites for hydroxylation is 1. The van der Waals surface area contributed by atoms with Crippen molar-refractivity contribution in [1.29, 1.82) is 0 Å². The van der Waals surface area contributed by atoms with E-state index in [4.69, 9.17) is 0 Å². The SMILES string of the molecule is C1=Cc2sc(-c3ccccc3)nc2CC1. The van der Waals surface area contributed by atoms with Gasteiger partial charge >= 0.3 is 0 Å².